The van der Waals surface area contributed by atoms with Crippen molar-refractivity contribution in [1.82, 2.24) is 14.7 Å². The van der Waals surface area contributed by atoms with Crippen LogP contribution in [-0.2, 0) is 12.8 Å². The average Bonchev–Trinajstić information content (AvgIpc) is 2.95. The molecule has 0 spiro atoms. The Bertz CT molecular complexity index is 594. The summed E-state index contributed by atoms with van der Waals surface area (Å²) in [5.74, 6) is 3.64. The number of hydrogen-bond acceptors (Lipinski definition) is 5. The third kappa shape index (κ3) is 3.38. The number of hydrogen-bond donors (Lipinski definition) is 0. The molecule has 0 aliphatic rings. The molecular weight excluding hydrogens is 260 g/mol. The summed E-state index contributed by atoms with van der Waals surface area (Å²) in [5, 5.41) is 12.8. The van der Waals surface area contributed by atoms with E-state index in [9.17, 15) is 0 Å². The summed E-state index contributed by atoms with van der Waals surface area (Å²) in [6, 6.07) is 3.85. The van der Waals surface area contributed by atoms with Crippen molar-refractivity contribution in [3.63, 3.8) is 0 Å². The molecule has 2 aromatic rings. The van der Waals surface area contributed by atoms with Gasteiger partial charge in [0, 0.05) is 13.2 Å². The monoisotopic (exact) mass is 276 g/mol. The number of aryl methyl sites for hydroxylation is 1. The minimum absolute atomic E-state index is 0.462. The van der Waals surface area contributed by atoms with E-state index in [4.69, 9.17) is 9.78 Å². The van der Waals surface area contributed by atoms with Crippen LogP contribution in [0.3, 0.4) is 0 Å². The van der Waals surface area contributed by atoms with Crippen LogP contribution in [0.1, 0.15) is 25.2 Å². The summed E-state index contributed by atoms with van der Waals surface area (Å²) in [7, 11) is 1.85. The molecule has 0 saturated heterocycles. The zero-order valence-electron chi connectivity index (χ0n) is 11.3. The van der Waals surface area contributed by atoms with Crippen molar-refractivity contribution in [2.24, 2.45) is 13.0 Å². The summed E-state index contributed by atoms with van der Waals surface area (Å²) < 4.78 is 7.06. The second-order valence-corrected chi connectivity index (χ2v) is 5.79. The Hall–Kier alpha value is -1.74. The highest BCUT2D eigenvalue weighted by Crippen LogP contribution is 2.21. The third-order valence-electron chi connectivity index (χ3n) is 2.50. The van der Waals surface area contributed by atoms with Crippen molar-refractivity contribution in [3.05, 3.63) is 23.7 Å². The molecule has 100 valence electrons. The van der Waals surface area contributed by atoms with Crippen LogP contribution in [0.2, 0.25) is 0 Å². The zero-order valence-corrected chi connectivity index (χ0v) is 12.1. The van der Waals surface area contributed by atoms with Gasteiger partial charge in [-0.25, -0.2) is 0 Å². The van der Waals surface area contributed by atoms with E-state index in [1.807, 2.05) is 11.6 Å². The first-order valence-electron chi connectivity index (χ1n) is 6.07. The first kappa shape index (κ1) is 13.7. The summed E-state index contributed by atoms with van der Waals surface area (Å²) in [5.41, 5.74) is 1.36. The molecule has 0 aliphatic carbocycles. The van der Waals surface area contributed by atoms with E-state index in [1.54, 1.807) is 24.0 Å². The highest BCUT2D eigenvalue weighted by molar-refractivity contribution is 7.98. The van der Waals surface area contributed by atoms with E-state index in [-0.39, 0.29) is 0 Å². The summed E-state index contributed by atoms with van der Waals surface area (Å²) in [4.78, 5) is 4.36. The second-order valence-electron chi connectivity index (χ2n) is 4.76. The van der Waals surface area contributed by atoms with E-state index in [1.165, 1.54) is 0 Å². The highest BCUT2D eigenvalue weighted by atomic mass is 32.2. The fourth-order valence-corrected chi connectivity index (χ4v) is 2.53. The first-order chi connectivity index (χ1) is 9.10. The maximum Gasteiger partial charge on any atom is 0.274 e. The Kier molecular flexibility index (Phi) is 4.27. The molecule has 0 atom stereocenters. The van der Waals surface area contributed by atoms with Gasteiger partial charge in [-0.15, -0.1) is 0 Å². The van der Waals surface area contributed by atoms with E-state index >= 15 is 0 Å². The molecule has 0 unspecified atom stereocenters. The molecule has 19 heavy (non-hydrogen) atoms. The van der Waals surface area contributed by atoms with Crippen LogP contribution in [0.15, 0.2) is 16.8 Å². The Morgan fingerprint density at radius 2 is 2.32 bits per heavy atom. The van der Waals surface area contributed by atoms with Gasteiger partial charge in [-0.3, -0.25) is 0 Å². The number of rotatable bonds is 5. The average molecular weight is 276 g/mol. The predicted octanol–water partition coefficient (Wildman–Crippen LogP) is 2.84. The molecule has 2 rings (SSSR count). The van der Waals surface area contributed by atoms with Crippen molar-refractivity contribution in [2.75, 3.05) is 5.75 Å². The first-order valence-corrected chi connectivity index (χ1v) is 7.22. The molecule has 0 aromatic carbocycles. The van der Waals surface area contributed by atoms with Crippen molar-refractivity contribution >= 4 is 11.8 Å². The lowest BCUT2D eigenvalue weighted by Crippen LogP contribution is -1.93. The summed E-state index contributed by atoms with van der Waals surface area (Å²) in [6.45, 7) is 4.37. The molecule has 0 radical (unpaired) electrons. The van der Waals surface area contributed by atoms with E-state index < -0.39 is 0 Å². The van der Waals surface area contributed by atoms with Crippen LogP contribution >= 0.6 is 11.8 Å². The van der Waals surface area contributed by atoms with Crippen molar-refractivity contribution in [1.29, 1.82) is 5.26 Å². The Balaban J connectivity index is 2.08. The van der Waals surface area contributed by atoms with Crippen LogP contribution in [0.4, 0.5) is 0 Å². The number of thioether (sulfide) groups is 1. The van der Waals surface area contributed by atoms with Gasteiger partial charge in [-0.05, 0) is 17.7 Å². The van der Waals surface area contributed by atoms with Crippen molar-refractivity contribution in [2.45, 2.75) is 19.6 Å². The third-order valence-corrected chi connectivity index (χ3v) is 3.87. The molecule has 5 nitrogen and oxygen atoms in total. The molecule has 0 N–H and O–H groups in total. The lowest BCUT2D eigenvalue weighted by molar-refractivity contribution is 0.422. The minimum atomic E-state index is 0.462. The Labute approximate surface area is 116 Å². The number of aromatic nitrogens is 3. The molecule has 6 heteroatoms. The summed E-state index contributed by atoms with van der Waals surface area (Å²) >= 11 is 1.79. The SMILES string of the molecule is CC(C)CSCc1noc(-c2cc(C#N)cn2C)n1. The number of nitriles is 1. The minimum Gasteiger partial charge on any atom is -0.345 e. The van der Waals surface area contributed by atoms with Crippen LogP contribution in [0.5, 0.6) is 0 Å². The molecule has 0 bridgehead atoms. The molecular formula is C13H16N4OS. The normalized spacial score (nSPS) is 10.9. The lowest BCUT2D eigenvalue weighted by atomic mass is 10.3. The molecule has 2 heterocycles. The fourth-order valence-electron chi connectivity index (χ4n) is 1.64. The van der Waals surface area contributed by atoms with Gasteiger partial charge in [0.05, 0.1) is 11.3 Å². The maximum atomic E-state index is 8.86. The molecule has 0 amide bonds. The van der Waals surface area contributed by atoms with E-state index in [0.717, 1.165) is 17.2 Å². The van der Waals surface area contributed by atoms with E-state index in [0.29, 0.717) is 23.2 Å². The van der Waals surface area contributed by atoms with Gasteiger partial charge in [0.1, 0.15) is 11.8 Å². The Morgan fingerprint density at radius 1 is 1.53 bits per heavy atom. The standard InChI is InChI=1S/C13H16N4OS/c1-9(2)7-19-8-12-15-13(18-16-12)11-4-10(5-14)6-17(11)3/h4,6,9H,7-8H2,1-3H3. The van der Waals surface area contributed by atoms with Gasteiger partial charge in [0.2, 0.25) is 0 Å². The molecule has 0 fully saturated rings. The van der Waals surface area contributed by atoms with Crippen molar-refractivity contribution < 1.29 is 4.52 Å². The zero-order chi connectivity index (χ0) is 13.8. The van der Waals surface area contributed by atoms with Gasteiger partial charge in [0.15, 0.2) is 5.82 Å². The van der Waals surface area contributed by atoms with Gasteiger partial charge in [0.25, 0.3) is 5.89 Å². The molecule has 0 aliphatic heterocycles. The number of nitrogens with zero attached hydrogens (tertiary/aromatic N) is 4. The Morgan fingerprint density at radius 3 is 2.95 bits per heavy atom. The lowest BCUT2D eigenvalue weighted by Gasteiger charge is -2.00. The largest absolute Gasteiger partial charge is 0.345 e. The van der Waals surface area contributed by atoms with Crippen LogP contribution in [0.25, 0.3) is 11.6 Å². The van der Waals surface area contributed by atoms with E-state index in [2.05, 4.69) is 30.1 Å². The molecule has 2 aromatic heterocycles. The van der Waals surface area contributed by atoms with Crippen LogP contribution in [-0.4, -0.2) is 20.5 Å². The predicted molar refractivity (Wildman–Crippen MR) is 74.4 cm³/mol. The van der Waals surface area contributed by atoms with Crippen molar-refractivity contribution in [3.8, 4) is 17.7 Å². The smallest absolute Gasteiger partial charge is 0.274 e. The molecule has 0 saturated carbocycles. The maximum absolute atomic E-state index is 8.86. The fraction of sp³-hybridized carbons (Fsp3) is 0.462. The van der Waals surface area contributed by atoms with Crippen LogP contribution < -0.4 is 0 Å². The second kappa shape index (κ2) is 5.93. The van der Waals surface area contributed by atoms with Gasteiger partial charge >= 0.3 is 0 Å². The quantitative estimate of drug-likeness (QED) is 0.840. The summed E-state index contributed by atoms with van der Waals surface area (Å²) in [6.07, 6.45) is 1.74. The highest BCUT2D eigenvalue weighted by Gasteiger charge is 2.13. The van der Waals surface area contributed by atoms with Gasteiger partial charge in [-0.2, -0.15) is 22.0 Å². The van der Waals surface area contributed by atoms with Gasteiger partial charge in [-0.1, -0.05) is 19.0 Å². The topological polar surface area (TPSA) is 67.6 Å². The van der Waals surface area contributed by atoms with Crippen LogP contribution in [0, 0.1) is 17.2 Å². The van der Waals surface area contributed by atoms with Gasteiger partial charge < -0.3 is 9.09 Å².